The van der Waals surface area contributed by atoms with Gasteiger partial charge in [-0.25, -0.2) is 0 Å². The molecule has 0 amide bonds. The molecule has 0 saturated carbocycles. The normalized spacial score (nSPS) is 12.2. The van der Waals surface area contributed by atoms with E-state index in [4.69, 9.17) is 14.0 Å². The molecular formula is C14H19N3O3. The van der Waals surface area contributed by atoms with Gasteiger partial charge in [0.2, 0.25) is 11.7 Å². The van der Waals surface area contributed by atoms with E-state index < -0.39 is 0 Å². The third kappa shape index (κ3) is 3.27. The molecule has 1 atom stereocenters. The topological polar surface area (TPSA) is 69.4 Å². The Hall–Kier alpha value is -2.08. The fourth-order valence-electron chi connectivity index (χ4n) is 1.78. The van der Waals surface area contributed by atoms with E-state index in [2.05, 4.69) is 22.4 Å². The lowest BCUT2D eigenvalue weighted by molar-refractivity contribution is 0.269. The summed E-state index contributed by atoms with van der Waals surface area (Å²) in [7, 11) is 3.54. The summed E-state index contributed by atoms with van der Waals surface area (Å²) in [6, 6.07) is 6.09. The Balaban J connectivity index is 2.11. The van der Waals surface area contributed by atoms with Gasteiger partial charge in [0.25, 0.3) is 0 Å². The van der Waals surface area contributed by atoms with E-state index >= 15 is 0 Å². The first kappa shape index (κ1) is 14.3. The van der Waals surface area contributed by atoms with Crippen molar-refractivity contribution in [3.05, 3.63) is 35.5 Å². The van der Waals surface area contributed by atoms with Crippen molar-refractivity contribution in [2.75, 3.05) is 14.2 Å². The molecule has 2 aromatic rings. The molecule has 20 heavy (non-hydrogen) atoms. The minimum atomic E-state index is 0.245. The van der Waals surface area contributed by atoms with Crippen LogP contribution in [0, 0.1) is 6.92 Å². The van der Waals surface area contributed by atoms with Gasteiger partial charge in [-0.3, -0.25) is 0 Å². The highest BCUT2D eigenvalue weighted by molar-refractivity contribution is 5.43. The van der Waals surface area contributed by atoms with Crippen LogP contribution < -0.4 is 14.8 Å². The van der Waals surface area contributed by atoms with Gasteiger partial charge in [-0.2, -0.15) is 4.98 Å². The lowest BCUT2D eigenvalue weighted by Gasteiger charge is -2.14. The Morgan fingerprint density at radius 2 is 2.15 bits per heavy atom. The van der Waals surface area contributed by atoms with Crippen molar-refractivity contribution < 1.29 is 14.0 Å². The maximum Gasteiger partial charge on any atom is 0.223 e. The molecule has 0 aliphatic heterocycles. The number of aryl methyl sites for hydroxylation is 1. The number of methoxy groups -OCH3 is 1. The summed E-state index contributed by atoms with van der Waals surface area (Å²) < 4.78 is 15.9. The van der Waals surface area contributed by atoms with Crippen LogP contribution in [0.1, 0.15) is 30.2 Å². The number of nitrogens with one attached hydrogen (secondary N) is 1. The summed E-state index contributed by atoms with van der Waals surface area (Å²) in [6.07, 6.45) is 0. The van der Waals surface area contributed by atoms with Crippen molar-refractivity contribution in [1.29, 1.82) is 0 Å². The van der Waals surface area contributed by atoms with E-state index in [1.807, 2.05) is 25.2 Å². The zero-order valence-corrected chi connectivity index (χ0v) is 12.1. The molecule has 0 radical (unpaired) electrons. The zero-order chi connectivity index (χ0) is 14.5. The third-order valence-electron chi connectivity index (χ3n) is 3.05. The van der Waals surface area contributed by atoms with E-state index in [-0.39, 0.29) is 12.6 Å². The fourth-order valence-corrected chi connectivity index (χ4v) is 1.78. The molecule has 108 valence electrons. The van der Waals surface area contributed by atoms with Gasteiger partial charge in [-0.1, -0.05) is 11.2 Å². The Bertz CT molecular complexity index is 569. The molecule has 0 aliphatic rings. The summed E-state index contributed by atoms with van der Waals surface area (Å²) in [5, 5.41) is 6.97. The Labute approximate surface area is 118 Å². The quantitative estimate of drug-likeness (QED) is 0.873. The number of nitrogens with zero attached hydrogens (tertiary/aromatic N) is 2. The first-order chi connectivity index (χ1) is 9.63. The summed E-state index contributed by atoms with van der Waals surface area (Å²) in [4.78, 5) is 4.09. The summed E-state index contributed by atoms with van der Waals surface area (Å²) in [5.41, 5.74) is 1.13. The SMILES string of the molecule is CNC(C)c1ccc(OCc2noc(C)n2)c(OC)c1. The summed E-state index contributed by atoms with van der Waals surface area (Å²) >= 11 is 0. The molecule has 0 saturated heterocycles. The molecule has 2 rings (SSSR count). The van der Waals surface area contributed by atoms with Gasteiger partial charge in [0.15, 0.2) is 18.1 Å². The largest absolute Gasteiger partial charge is 0.493 e. The molecule has 1 heterocycles. The monoisotopic (exact) mass is 277 g/mol. The van der Waals surface area contributed by atoms with Crippen LogP contribution in [0.3, 0.4) is 0 Å². The van der Waals surface area contributed by atoms with E-state index in [0.717, 1.165) is 5.56 Å². The first-order valence-corrected chi connectivity index (χ1v) is 6.41. The average molecular weight is 277 g/mol. The van der Waals surface area contributed by atoms with Gasteiger partial charge in [-0.15, -0.1) is 0 Å². The predicted molar refractivity (Wildman–Crippen MR) is 73.8 cm³/mol. The van der Waals surface area contributed by atoms with Gasteiger partial charge in [0, 0.05) is 13.0 Å². The molecule has 0 spiro atoms. The molecule has 1 N–H and O–H groups in total. The van der Waals surface area contributed by atoms with Gasteiger partial charge >= 0.3 is 0 Å². The molecular weight excluding hydrogens is 258 g/mol. The molecule has 0 aliphatic carbocycles. The van der Waals surface area contributed by atoms with Crippen LogP contribution in [0.25, 0.3) is 0 Å². The van der Waals surface area contributed by atoms with Crippen molar-refractivity contribution in [3.63, 3.8) is 0 Å². The fraction of sp³-hybridized carbons (Fsp3) is 0.429. The molecule has 0 fully saturated rings. The van der Waals surface area contributed by atoms with E-state index in [1.165, 1.54) is 0 Å². The van der Waals surface area contributed by atoms with Crippen LogP contribution in [-0.2, 0) is 6.61 Å². The Morgan fingerprint density at radius 3 is 2.75 bits per heavy atom. The van der Waals surface area contributed by atoms with Crippen LogP contribution in [0.2, 0.25) is 0 Å². The maximum atomic E-state index is 5.67. The number of ether oxygens (including phenoxy) is 2. The van der Waals surface area contributed by atoms with Crippen molar-refractivity contribution >= 4 is 0 Å². The second kappa shape index (κ2) is 6.38. The standard InChI is InChI=1S/C14H19N3O3/c1-9(15-3)11-5-6-12(13(7-11)18-4)19-8-14-16-10(2)20-17-14/h5-7,9,15H,8H2,1-4H3. The number of hydrogen-bond donors (Lipinski definition) is 1. The zero-order valence-electron chi connectivity index (χ0n) is 12.1. The second-order valence-electron chi connectivity index (χ2n) is 4.44. The highest BCUT2D eigenvalue weighted by atomic mass is 16.5. The van der Waals surface area contributed by atoms with E-state index in [1.54, 1.807) is 14.0 Å². The average Bonchev–Trinajstić information content (AvgIpc) is 2.89. The van der Waals surface area contributed by atoms with Crippen LogP contribution >= 0.6 is 0 Å². The van der Waals surface area contributed by atoms with Crippen molar-refractivity contribution in [1.82, 2.24) is 15.5 Å². The molecule has 6 nitrogen and oxygen atoms in total. The van der Waals surface area contributed by atoms with Gasteiger partial charge in [-0.05, 0) is 31.7 Å². The molecule has 1 aromatic carbocycles. The number of aromatic nitrogens is 2. The maximum absolute atomic E-state index is 5.67. The number of benzene rings is 1. The lowest BCUT2D eigenvalue weighted by atomic mass is 10.1. The van der Waals surface area contributed by atoms with Gasteiger partial charge in [0.1, 0.15) is 0 Å². The minimum absolute atomic E-state index is 0.245. The van der Waals surface area contributed by atoms with Crippen LogP contribution in [0.4, 0.5) is 0 Å². The lowest BCUT2D eigenvalue weighted by Crippen LogP contribution is -2.12. The number of hydrogen-bond acceptors (Lipinski definition) is 6. The summed E-state index contributed by atoms with van der Waals surface area (Å²) in [6.45, 7) is 4.07. The molecule has 1 aromatic heterocycles. The van der Waals surface area contributed by atoms with Crippen LogP contribution in [0.5, 0.6) is 11.5 Å². The van der Waals surface area contributed by atoms with Crippen molar-refractivity contribution in [2.45, 2.75) is 26.5 Å². The smallest absolute Gasteiger partial charge is 0.223 e. The second-order valence-corrected chi connectivity index (χ2v) is 4.44. The third-order valence-corrected chi connectivity index (χ3v) is 3.05. The molecule has 1 unspecified atom stereocenters. The highest BCUT2D eigenvalue weighted by Crippen LogP contribution is 2.30. The van der Waals surface area contributed by atoms with Gasteiger partial charge < -0.3 is 19.3 Å². The van der Waals surface area contributed by atoms with E-state index in [0.29, 0.717) is 23.2 Å². The van der Waals surface area contributed by atoms with Crippen LogP contribution in [-0.4, -0.2) is 24.3 Å². The van der Waals surface area contributed by atoms with Crippen LogP contribution in [0.15, 0.2) is 22.7 Å². The molecule has 0 bridgehead atoms. The highest BCUT2D eigenvalue weighted by Gasteiger charge is 2.11. The van der Waals surface area contributed by atoms with Crippen molar-refractivity contribution in [3.8, 4) is 11.5 Å². The predicted octanol–water partition coefficient (Wildman–Crippen LogP) is 2.25. The van der Waals surface area contributed by atoms with E-state index in [9.17, 15) is 0 Å². The molecule has 6 heteroatoms. The number of rotatable bonds is 6. The Kier molecular flexibility index (Phi) is 4.57. The van der Waals surface area contributed by atoms with Gasteiger partial charge in [0.05, 0.1) is 7.11 Å². The van der Waals surface area contributed by atoms with Crippen molar-refractivity contribution in [2.24, 2.45) is 0 Å². The Morgan fingerprint density at radius 1 is 1.35 bits per heavy atom. The summed E-state index contributed by atoms with van der Waals surface area (Å²) in [5.74, 6) is 2.37. The first-order valence-electron chi connectivity index (χ1n) is 6.41. The minimum Gasteiger partial charge on any atom is -0.493 e.